The molecule has 0 atom stereocenters. The Labute approximate surface area is 106 Å². The van der Waals surface area contributed by atoms with E-state index in [0.29, 0.717) is 11.3 Å². The van der Waals surface area contributed by atoms with Crippen LogP contribution in [0.1, 0.15) is 31.1 Å². The van der Waals surface area contributed by atoms with E-state index in [2.05, 4.69) is 0 Å². The zero-order valence-electron chi connectivity index (χ0n) is 10.2. The third-order valence-corrected chi connectivity index (χ3v) is 2.58. The first-order valence-corrected chi connectivity index (χ1v) is 6.31. The molecule has 0 aliphatic rings. The minimum atomic E-state index is -0.294. The Morgan fingerprint density at radius 3 is 2.71 bits per heavy atom. The predicted octanol–water partition coefficient (Wildman–Crippen LogP) is 2.94. The van der Waals surface area contributed by atoms with Gasteiger partial charge in [-0.1, -0.05) is 23.9 Å². The molecule has 17 heavy (non-hydrogen) atoms. The van der Waals surface area contributed by atoms with Crippen LogP contribution in [0.5, 0.6) is 5.75 Å². The summed E-state index contributed by atoms with van der Waals surface area (Å²) in [6.45, 7) is 5.84. The highest BCUT2D eigenvalue weighted by Gasteiger charge is 2.13. The summed E-state index contributed by atoms with van der Waals surface area (Å²) in [6.07, 6.45) is 0.720. The molecule has 0 aromatic heterocycles. The van der Waals surface area contributed by atoms with Gasteiger partial charge < -0.3 is 9.53 Å². The molecule has 0 aliphatic carbocycles. The van der Waals surface area contributed by atoms with Crippen LogP contribution in [0.2, 0.25) is 0 Å². The molecular formula is C13H16O3S. The van der Waals surface area contributed by atoms with Crippen LogP contribution < -0.4 is 4.74 Å². The molecule has 0 radical (unpaired) electrons. The monoisotopic (exact) mass is 252 g/mol. The number of carbonyl (C=O) groups is 2. The average molecular weight is 252 g/mol. The molecule has 0 spiro atoms. The zero-order valence-corrected chi connectivity index (χ0v) is 11.0. The van der Waals surface area contributed by atoms with Crippen LogP contribution in [-0.4, -0.2) is 22.8 Å². The molecule has 0 fully saturated rings. The Bertz CT molecular complexity index is 407. The lowest BCUT2D eigenvalue weighted by Crippen LogP contribution is -2.23. The van der Waals surface area contributed by atoms with Crippen molar-refractivity contribution in [1.82, 2.24) is 0 Å². The highest BCUT2D eigenvalue weighted by atomic mass is 32.2. The molecule has 0 bridgehead atoms. The van der Waals surface area contributed by atoms with Crippen molar-refractivity contribution < 1.29 is 14.3 Å². The molecule has 92 valence electrons. The second-order valence-electron chi connectivity index (χ2n) is 4.51. The van der Waals surface area contributed by atoms with Crippen LogP contribution >= 0.6 is 11.8 Å². The fourth-order valence-corrected chi connectivity index (χ4v) is 1.75. The van der Waals surface area contributed by atoms with E-state index in [0.717, 1.165) is 18.0 Å². The van der Waals surface area contributed by atoms with Gasteiger partial charge >= 0.3 is 0 Å². The van der Waals surface area contributed by atoms with Gasteiger partial charge in [0.25, 0.3) is 0 Å². The molecular weight excluding hydrogens is 236 g/mol. The van der Waals surface area contributed by atoms with Crippen molar-refractivity contribution in [1.29, 1.82) is 0 Å². The van der Waals surface area contributed by atoms with Crippen molar-refractivity contribution in [3.05, 3.63) is 29.8 Å². The fourth-order valence-electron chi connectivity index (χ4n) is 1.23. The number of benzene rings is 1. The van der Waals surface area contributed by atoms with E-state index in [1.165, 1.54) is 0 Å². The summed E-state index contributed by atoms with van der Waals surface area (Å²) in [5.74, 6) is 0.846. The molecule has 3 nitrogen and oxygen atoms in total. The zero-order chi connectivity index (χ0) is 12.9. The van der Waals surface area contributed by atoms with Crippen LogP contribution in [0.3, 0.4) is 0 Å². The summed E-state index contributed by atoms with van der Waals surface area (Å²) in [5, 5.41) is -0.114. The Kier molecular flexibility index (Phi) is 4.75. The first kappa shape index (κ1) is 13.8. The first-order valence-electron chi connectivity index (χ1n) is 5.32. The lowest BCUT2D eigenvalue weighted by Gasteiger charge is -2.21. The molecule has 0 aliphatic heterocycles. The largest absolute Gasteiger partial charge is 0.488 e. The summed E-state index contributed by atoms with van der Waals surface area (Å²) in [5.41, 5.74) is 0.260. The van der Waals surface area contributed by atoms with Gasteiger partial charge in [0, 0.05) is 5.56 Å². The van der Waals surface area contributed by atoms with Crippen molar-refractivity contribution >= 4 is 23.2 Å². The molecule has 1 aromatic rings. The quantitative estimate of drug-likeness (QED) is 0.773. The van der Waals surface area contributed by atoms with Crippen LogP contribution in [0.4, 0.5) is 0 Å². The number of aldehydes is 1. The number of rotatable bonds is 4. The van der Waals surface area contributed by atoms with E-state index in [9.17, 15) is 9.59 Å². The normalized spacial score (nSPS) is 11.0. The van der Waals surface area contributed by atoms with Crippen molar-refractivity contribution in [3.63, 3.8) is 0 Å². The van der Waals surface area contributed by atoms with Gasteiger partial charge in [0.2, 0.25) is 5.12 Å². The van der Waals surface area contributed by atoms with E-state index in [4.69, 9.17) is 4.74 Å². The van der Waals surface area contributed by atoms with Crippen molar-refractivity contribution in [2.45, 2.75) is 26.4 Å². The third-order valence-electron chi connectivity index (χ3n) is 1.78. The first-order chi connectivity index (χ1) is 7.92. The summed E-state index contributed by atoms with van der Waals surface area (Å²) in [4.78, 5) is 21.9. The minimum absolute atomic E-state index is 0.114. The molecule has 1 rings (SSSR count). The highest BCUT2D eigenvalue weighted by Crippen LogP contribution is 2.21. The van der Waals surface area contributed by atoms with Gasteiger partial charge in [-0.3, -0.25) is 4.79 Å². The maximum atomic E-state index is 11.7. The average Bonchev–Trinajstić information content (AvgIpc) is 2.24. The molecule has 0 amide bonds. The van der Waals surface area contributed by atoms with Crippen LogP contribution in [0.15, 0.2) is 24.3 Å². The van der Waals surface area contributed by atoms with Crippen molar-refractivity contribution in [2.75, 3.05) is 5.75 Å². The molecule has 0 saturated carbocycles. The SMILES string of the molecule is CC(C)(C)Oc1cccc(C(=O)SCC=O)c1. The van der Waals surface area contributed by atoms with Gasteiger partial charge in [0.1, 0.15) is 17.6 Å². The number of ether oxygens (including phenoxy) is 1. The molecule has 0 N–H and O–H groups in total. The summed E-state index contributed by atoms with van der Waals surface area (Å²) in [6, 6.07) is 7.00. The topological polar surface area (TPSA) is 43.4 Å². The Balaban J connectivity index is 2.78. The number of hydrogen-bond donors (Lipinski definition) is 0. The summed E-state index contributed by atoms with van der Waals surface area (Å²) < 4.78 is 5.67. The van der Waals surface area contributed by atoms with Crippen LogP contribution in [0, 0.1) is 0 Å². The number of thioether (sulfide) groups is 1. The number of hydrogen-bond acceptors (Lipinski definition) is 4. The Morgan fingerprint density at radius 2 is 2.12 bits per heavy atom. The van der Waals surface area contributed by atoms with Gasteiger partial charge in [-0.15, -0.1) is 0 Å². The molecule has 1 aromatic carbocycles. The van der Waals surface area contributed by atoms with Crippen LogP contribution in [0.25, 0.3) is 0 Å². The summed E-state index contributed by atoms with van der Waals surface area (Å²) >= 11 is 0.994. The number of carbonyl (C=O) groups excluding carboxylic acids is 2. The standard InChI is InChI=1S/C13H16O3S/c1-13(2,3)16-11-6-4-5-10(9-11)12(15)17-8-7-14/h4-7,9H,8H2,1-3H3. The Hall–Kier alpha value is -1.29. The molecule has 4 heteroatoms. The van der Waals surface area contributed by atoms with E-state index in [1.54, 1.807) is 18.2 Å². The third kappa shape index (κ3) is 5.04. The van der Waals surface area contributed by atoms with E-state index in [1.807, 2.05) is 26.8 Å². The van der Waals surface area contributed by atoms with Gasteiger partial charge in [-0.25, -0.2) is 0 Å². The van der Waals surface area contributed by atoms with Gasteiger partial charge in [-0.2, -0.15) is 0 Å². The van der Waals surface area contributed by atoms with Crippen molar-refractivity contribution in [3.8, 4) is 5.75 Å². The lowest BCUT2D eigenvalue weighted by atomic mass is 10.2. The van der Waals surface area contributed by atoms with Crippen molar-refractivity contribution in [2.24, 2.45) is 0 Å². The van der Waals surface area contributed by atoms with E-state index < -0.39 is 0 Å². The van der Waals surface area contributed by atoms with Gasteiger partial charge in [-0.05, 0) is 32.9 Å². The van der Waals surface area contributed by atoms with Crippen LogP contribution in [-0.2, 0) is 4.79 Å². The minimum Gasteiger partial charge on any atom is -0.488 e. The van der Waals surface area contributed by atoms with Gasteiger partial charge in [0.15, 0.2) is 0 Å². The van der Waals surface area contributed by atoms with E-state index in [-0.39, 0.29) is 16.5 Å². The summed E-state index contributed by atoms with van der Waals surface area (Å²) in [7, 11) is 0. The lowest BCUT2D eigenvalue weighted by molar-refractivity contribution is -0.105. The maximum Gasteiger partial charge on any atom is 0.219 e. The predicted molar refractivity (Wildman–Crippen MR) is 69.7 cm³/mol. The van der Waals surface area contributed by atoms with E-state index >= 15 is 0 Å². The molecule has 0 heterocycles. The molecule has 0 saturated heterocycles. The second-order valence-corrected chi connectivity index (χ2v) is 5.50. The van der Waals surface area contributed by atoms with Gasteiger partial charge in [0.05, 0.1) is 5.75 Å². The smallest absolute Gasteiger partial charge is 0.219 e. The Morgan fingerprint density at radius 1 is 1.41 bits per heavy atom. The maximum absolute atomic E-state index is 11.7. The second kappa shape index (κ2) is 5.87. The molecule has 0 unspecified atom stereocenters. The highest BCUT2D eigenvalue weighted by molar-refractivity contribution is 8.14. The fraction of sp³-hybridized carbons (Fsp3) is 0.385.